The molecule has 5 heteroatoms. The lowest BCUT2D eigenvalue weighted by Crippen LogP contribution is -2.25. The average Bonchev–Trinajstić information content (AvgIpc) is 3.25. The number of nitrogens with zero attached hydrogens (tertiary/aromatic N) is 3. The van der Waals surface area contributed by atoms with Crippen LogP contribution in [0.1, 0.15) is 35.7 Å². The van der Waals surface area contributed by atoms with E-state index < -0.39 is 0 Å². The molecule has 0 saturated carbocycles. The van der Waals surface area contributed by atoms with Crippen LogP contribution in [-0.4, -0.2) is 40.1 Å². The number of rotatable bonds is 8. The first-order chi connectivity index (χ1) is 14.5. The van der Waals surface area contributed by atoms with Gasteiger partial charge in [-0.25, -0.2) is 4.98 Å². The lowest BCUT2D eigenvalue weighted by atomic mass is 10.1. The molecule has 3 aromatic rings. The maximum Gasteiger partial charge on any atom is 0.223 e. The second-order valence-electron chi connectivity index (χ2n) is 8.12. The van der Waals surface area contributed by atoms with Crippen LogP contribution in [0.2, 0.25) is 0 Å². The number of para-hydroxylation sites is 2. The van der Waals surface area contributed by atoms with Gasteiger partial charge in [0.25, 0.3) is 0 Å². The van der Waals surface area contributed by atoms with Crippen LogP contribution in [0.25, 0.3) is 11.0 Å². The lowest BCUT2D eigenvalue weighted by molar-refractivity contribution is -0.127. The molecular formula is C25H29N3O2. The van der Waals surface area contributed by atoms with Gasteiger partial charge in [-0.3, -0.25) is 4.79 Å². The number of aromatic nitrogens is 2. The molecule has 1 atom stereocenters. The molecule has 4 rings (SSSR count). The summed E-state index contributed by atoms with van der Waals surface area (Å²) in [5, 5.41) is 0. The molecule has 0 unspecified atom stereocenters. The zero-order valence-electron chi connectivity index (χ0n) is 17.8. The number of fused-ring (bicyclic) bond motifs is 1. The number of hydrogen-bond acceptors (Lipinski definition) is 3. The molecule has 0 N–H and O–H groups in total. The first kappa shape index (κ1) is 20.2. The molecular weight excluding hydrogens is 374 g/mol. The van der Waals surface area contributed by atoms with E-state index in [0.29, 0.717) is 26.1 Å². The van der Waals surface area contributed by atoms with E-state index in [1.54, 1.807) is 6.08 Å². The van der Waals surface area contributed by atoms with E-state index in [9.17, 15) is 4.79 Å². The summed E-state index contributed by atoms with van der Waals surface area (Å²) in [5.41, 5.74) is 4.52. The van der Waals surface area contributed by atoms with Crippen LogP contribution in [0, 0.1) is 13.8 Å². The van der Waals surface area contributed by atoms with Crippen molar-refractivity contribution in [3.8, 4) is 5.75 Å². The van der Waals surface area contributed by atoms with Gasteiger partial charge in [0, 0.05) is 32.0 Å². The monoisotopic (exact) mass is 403 g/mol. The third kappa shape index (κ3) is 4.25. The molecule has 0 radical (unpaired) electrons. The molecule has 0 bridgehead atoms. The van der Waals surface area contributed by atoms with Gasteiger partial charge in [0.15, 0.2) is 0 Å². The van der Waals surface area contributed by atoms with Crippen LogP contribution >= 0.6 is 0 Å². The van der Waals surface area contributed by atoms with E-state index in [-0.39, 0.29) is 11.8 Å². The largest absolute Gasteiger partial charge is 0.494 e. The fourth-order valence-electron chi connectivity index (χ4n) is 4.35. The number of aryl methyl sites for hydroxylation is 3. The highest BCUT2D eigenvalue weighted by Crippen LogP contribution is 2.30. The summed E-state index contributed by atoms with van der Waals surface area (Å²) in [5.74, 6) is 2.22. The Hall–Kier alpha value is -3.08. The number of ether oxygens (including phenoxy) is 1. The minimum Gasteiger partial charge on any atom is -0.494 e. The number of likely N-dealkylation sites (tertiary alicyclic amines) is 1. The van der Waals surface area contributed by atoms with Crippen molar-refractivity contribution >= 4 is 16.9 Å². The topological polar surface area (TPSA) is 47.4 Å². The Morgan fingerprint density at radius 3 is 2.73 bits per heavy atom. The van der Waals surface area contributed by atoms with Crippen molar-refractivity contribution in [2.24, 2.45) is 0 Å². The summed E-state index contributed by atoms with van der Waals surface area (Å²) >= 11 is 0. The van der Waals surface area contributed by atoms with E-state index in [0.717, 1.165) is 35.6 Å². The molecule has 1 aromatic heterocycles. The van der Waals surface area contributed by atoms with Gasteiger partial charge < -0.3 is 14.2 Å². The number of benzene rings is 2. The van der Waals surface area contributed by atoms with Crippen molar-refractivity contribution in [1.82, 2.24) is 14.5 Å². The highest BCUT2D eigenvalue weighted by Gasteiger charge is 2.33. The molecule has 156 valence electrons. The highest BCUT2D eigenvalue weighted by molar-refractivity contribution is 5.81. The quantitative estimate of drug-likeness (QED) is 0.407. The Kier molecular flexibility index (Phi) is 5.88. The second-order valence-corrected chi connectivity index (χ2v) is 8.12. The van der Waals surface area contributed by atoms with Gasteiger partial charge >= 0.3 is 0 Å². The predicted molar refractivity (Wildman–Crippen MR) is 120 cm³/mol. The molecule has 1 aliphatic heterocycles. The summed E-state index contributed by atoms with van der Waals surface area (Å²) < 4.78 is 8.28. The van der Waals surface area contributed by atoms with E-state index in [2.05, 4.69) is 49.3 Å². The van der Waals surface area contributed by atoms with Crippen molar-refractivity contribution in [1.29, 1.82) is 0 Å². The Balaban J connectivity index is 1.49. The zero-order chi connectivity index (χ0) is 21.1. The van der Waals surface area contributed by atoms with E-state index in [4.69, 9.17) is 9.72 Å². The Bertz CT molecular complexity index is 1050. The molecule has 1 fully saturated rings. The number of carbonyl (C=O) groups excluding carboxylic acids is 1. The third-order valence-corrected chi connectivity index (χ3v) is 5.60. The molecule has 2 aromatic carbocycles. The van der Waals surface area contributed by atoms with Crippen molar-refractivity contribution < 1.29 is 9.53 Å². The zero-order valence-corrected chi connectivity index (χ0v) is 17.8. The maximum absolute atomic E-state index is 12.4. The smallest absolute Gasteiger partial charge is 0.223 e. The number of carbonyl (C=O) groups is 1. The van der Waals surface area contributed by atoms with E-state index in [1.165, 1.54) is 11.1 Å². The standard InChI is InChI=1S/C25H29N3O2/c1-4-10-27-17-20(16-24(27)29)25-26-22-8-5-6-9-23(22)28(25)11-7-12-30-21-14-18(2)13-19(3)15-21/h4-6,8-9,13-15,20H,1,7,10-12,16-17H2,2-3H3/t20-/m1/s1. The van der Waals surface area contributed by atoms with Crippen LogP contribution in [-0.2, 0) is 11.3 Å². The van der Waals surface area contributed by atoms with Crippen molar-refractivity contribution in [2.45, 2.75) is 39.2 Å². The van der Waals surface area contributed by atoms with Crippen LogP contribution in [0.3, 0.4) is 0 Å². The molecule has 30 heavy (non-hydrogen) atoms. The summed E-state index contributed by atoms with van der Waals surface area (Å²) in [6.07, 6.45) is 3.17. The Labute approximate surface area is 178 Å². The Morgan fingerprint density at radius 2 is 1.97 bits per heavy atom. The number of amides is 1. The van der Waals surface area contributed by atoms with E-state index in [1.807, 2.05) is 23.1 Å². The molecule has 1 amide bonds. The van der Waals surface area contributed by atoms with Crippen molar-refractivity contribution in [3.05, 3.63) is 72.1 Å². The highest BCUT2D eigenvalue weighted by atomic mass is 16.5. The maximum atomic E-state index is 12.4. The van der Waals surface area contributed by atoms with E-state index >= 15 is 0 Å². The SMILES string of the molecule is C=CCN1C[C@H](c2nc3ccccc3n2CCCOc2cc(C)cc(C)c2)CC1=O. The number of imidazole rings is 1. The molecule has 2 heterocycles. The molecule has 0 aliphatic carbocycles. The first-order valence-electron chi connectivity index (χ1n) is 10.6. The minimum atomic E-state index is 0.116. The van der Waals surface area contributed by atoms with Gasteiger partial charge in [-0.05, 0) is 55.7 Å². The fraction of sp³-hybridized carbons (Fsp3) is 0.360. The summed E-state index contributed by atoms with van der Waals surface area (Å²) in [6.45, 7) is 10.7. The second kappa shape index (κ2) is 8.74. The van der Waals surface area contributed by atoms with Crippen LogP contribution in [0.4, 0.5) is 0 Å². The summed E-state index contributed by atoms with van der Waals surface area (Å²) in [6, 6.07) is 14.5. The molecule has 0 spiro atoms. The molecule has 1 aliphatic rings. The summed E-state index contributed by atoms with van der Waals surface area (Å²) in [4.78, 5) is 19.1. The third-order valence-electron chi connectivity index (χ3n) is 5.60. The Morgan fingerprint density at radius 1 is 1.20 bits per heavy atom. The van der Waals surface area contributed by atoms with Crippen LogP contribution < -0.4 is 4.74 Å². The average molecular weight is 404 g/mol. The van der Waals surface area contributed by atoms with Crippen LogP contribution in [0.15, 0.2) is 55.1 Å². The van der Waals surface area contributed by atoms with Crippen molar-refractivity contribution in [2.75, 3.05) is 19.7 Å². The lowest BCUT2D eigenvalue weighted by Gasteiger charge is -2.16. The fourth-order valence-corrected chi connectivity index (χ4v) is 4.35. The minimum absolute atomic E-state index is 0.116. The van der Waals surface area contributed by atoms with Gasteiger partial charge in [-0.15, -0.1) is 6.58 Å². The molecule has 5 nitrogen and oxygen atoms in total. The summed E-state index contributed by atoms with van der Waals surface area (Å²) in [7, 11) is 0. The van der Waals surface area contributed by atoms with Crippen LogP contribution in [0.5, 0.6) is 5.75 Å². The van der Waals surface area contributed by atoms with Gasteiger partial charge in [-0.2, -0.15) is 0 Å². The predicted octanol–water partition coefficient (Wildman–Crippen LogP) is 4.62. The first-order valence-corrected chi connectivity index (χ1v) is 10.6. The normalized spacial score (nSPS) is 16.4. The van der Waals surface area contributed by atoms with Gasteiger partial charge in [0.05, 0.1) is 17.6 Å². The van der Waals surface area contributed by atoms with Crippen molar-refractivity contribution in [3.63, 3.8) is 0 Å². The van der Waals surface area contributed by atoms with Gasteiger partial charge in [-0.1, -0.05) is 24.3 Å². The molecule has 1 saturated heterocycles. The van der Waals surface area contributed by atoms with Gasteiger partial charge in [0.2, 0.25) is 5.91 Å². The van der Waals surface area contributed by atoms with Gasteiger partial charge in [0.1, 0.15) is 11.6 Å². The number of hydrogen-bond donors (Lipinski definition) is 0.